The van der Waals surface area contributed by atoms with E-state index in [9.17, 15) is 14.4 Å². The molecule has 2 amide bonds. The van der Waals surface area contributed by atoms with Gasteiger partial charge in [0.2, 0.25) is 5.91 Å². The van der Waals surface area contributed by atoms with Crippen molar-refractivity contribution < 1.29 is 28.6 Å². The summed E-state index contributed by atoms with van der Waals surface area (Å²) in [6.45, 7) is 7.40. The van der Waals surface area contributed by atoms with Gasteiger partial charge in [-0.1, -0.05) is 45.7 Å². The molecule has 2 rings (SSSR count). The monoisotopic (exact) mass is 687 g/mol. The Morgan fingerprint density at radius 3 is 2.12 bits per heavy atom. The quantitative estimate of drug-likeness (QED) is 0.122. The molecule has 0 bridgehead atoms. The van der Waals surface area contributed by atoms with E-state index in [1.807, 2.05) is 25.8 Å². The van der Waals surface area contributed by atoms with Crippen molar-refractivity contribution in [1.82, 2.24) is 25.5 Å². The molecule has 0 spiro atoms. The summed E-state index contributed by atoms with van der Waals surface area (Å²) in [5.41, 5.74) is 3.64. The third-order valence-corrected chi connectivity index (χ3v) is 7.00. The van der Waals surface area contributed by atoms with Crippen LogP contribution in [0.15, 0.2) is 18.2 Å². The second-order valence-corrected chi connectivity index (χ2v) is 10.4. The number of fused-ring (bicyclic) bond motifs is 1. The normalized spacial score (nSPS) is 12.2. The van der Waals surface area contributed by atoms with E-state index >= 15 is 0 Å². The first-order valence-electron chi connectivity index (χ1n) is 13.2. The van der Waals surface area contributed by atoms with E-state index in [2.05, 4.69) is 52.5 Å². The van der Waals surface area contributed by atoms with Crippen molar-refractivity contribution in [1.29, 1.82) is 0 Å². The van der Waals surface area contributed by atoms with Gasteiger partial charge in [0, 0.05) is 29.3 Å². The minimum Gasteiger partial charge on any atom is -0.378 e. The van der Waals surface area contributed by atoms with Crippen LogP contribution in [0, 0.1) is 5.92 Å². The van der Waals surface area contributed by atoms with Crippen LogP contribution in [0.25, 0.3) is 11.0 Å². The molecule has 1 atom stereocenters. The van der Waals surface area contributed by atoms with Gasteiger partial charge in [-0.05, 0) is 31.2 Å². The van der Waals surface area contributed by atoms with Gasteiger partial charge in [-0.2, -0.15) is 0 Å². The number of ether oxygens (including phenoxy) is 3. The Labute approximate surface area is 252 Å². The highest BCUT2D eigenvalue weighted by molar-refractivity contribution is 9.09. The smallest absolute Gasteiger partial charge is 0.251 e. The van der Waals surface area contributed by atoms with Gasteiger partial charge < -0.3 is 29.6 Å². The number of carbonyl (C=O) groups is 3. The van der Waals surface area contributed by atoms with Crippen molar-refractivity contribution in [2.75, 3.05) is 66.3 Å². The van der Waals surface area contributed by atoms with Crippen molar-refractivity contribution in [2.45, 2.75) is 30.5 Å². The lowest BCUT2D eigenvalue weighted by Gasteiger charge is -2.29. The fourth-order valence-electron chi connectivity index (χ4n) is 3.97. The number of alkyl halides is 2. The Morgan fingerprint density at radius 1 is 0.925 bits per heavy atom. The van der Waals surface area contributed by atoms with Crippen molar-refractivity contribution in [3.8, 4) is 0 Å². The average molecular weight is 689 g/mol. The first-order valence-corrected chi connectivity index (χ1v) is 15.4. The number of halogens is 2. The predicted molar refractivity (Wildman–Crippen MR) is 160 cm³/mol. The molecule has 1 heterocycles. The number of carbonyl (C=O) groups excluding carboxylic acids is 3. The summed E-state index contributed by atoms with van der Waals surface area (Å²) in [6, 6.07) is 4.95. The van der Waals surface area contributed by atoms with Gasteiger partial charge in [0.15, 0.2) is 0 Å². The molecule has 1 aromatic heterocycles. The summed E-state index contributed by atoms with van der Waals surface area (Å²) in [7, 11) is 1.86. The largest absolute Gasteiger partial charge is 0.378 e. The predicted octanol–water partition coefficient (Wildman–Crippen LogP) is 2.47. The van der Waals surface area contributed by atoms with Crippen LogP contribution in [-0.2, 0) is 34.5 Å². The number of nitrogens with one attached hydrogen (secondary N) is 2. The van der Waals surface area contributed by atoms with Gasteiger partial charge in [0.1, 0.15) is 6.29 Å². The van der Waals surface area contributed by atoms with Crippen molar-refractivity contribution in [3.05, 3.63) is 35.2 Å². The molecule has 40 heavy (non-hydrogen) atoms. The molecule has 0 aliphatic heterocycles. The molecule has 0 saturated carbocycles. The summed E-state index contributed by atoms with van der Waals surface area (Å²) in [5, 5.41) is 6.66. The number of aromatic nitrogens is 2. The molecular formula is C27H39Br2N5O6. The molecule has 1 unspecified atom stereocenters. The second kappa shape index (κ2) is 19.2. The lowest BCUT2D eigenvalue weighted by molar-refractivity contribution is -0.128. The number of likely N-dealkylation sites (N-methyl/N-ethyl adjacent to an activating group) is 1. The van der Waals surface area contributed by atoms with Gasteiger partial charge in [0.25, 0.3) is 5.91 Å². The van der Waals surface area contributed by atoms with Crippen LogP contribution in [0.5, 0.6) is 0 Å². The van der Waals surface area contributed by atoms with Crippen LogP contribution in [0.3, 0.4) is 0 Å². The molecule has 2 aromatic rings. The molecule has 11 nitrogen and oxygen atoms in total. The molecule has 0 fully saturated rings. The molecular weight excluding hydrogens is 650 g/mol. The van der Waals surface area contributed by atoms with Crippen LogP contribution in [0.4, 0.5) is 0 Å². The minimum absolute atomic E-state index is 0.0146. The molecule has 13 heteroatoms. The lowest BCUT2D eigenvalue weighted by Crippen LogP contribution is -2.49. The fourth-order valence-corrected chi connectivity index (χ4v) is 4.87. The third kappa shape index (κ3) is 11.5. The standard InChI is InChI=1S/C27H39Br2N5O6/c1-19(2)25(27(37)30-6-9-35)34(3)8-11-39-13-15-40-14-12-38-10-7-31-26(36)20-4-5-21-22(16-20)33-24(18-29)23(17-28)32-21/h4-5,9,16,19,25H,6-8,10-15,17-18H2,1-3H3,(H,30,37)(H,31,36). The van der Waals surface area contributed by atoms with E-state index in [-0.39, 0.29) is 30.3 Å². The van der Waals surface area contributed by atoms with Gasteiger partial charge in [-0.15, -0.1) is 0 Å². The topological polar surface area (TPSA) is 132 Å². The summed E-state index contributed by atoms with van der Waals surface area (Å²) >= 11 is 6.86. The maximum absolute atomic E-state index is 12.5. The van der Waals surface area contributed by atoms with Crippen molar-refractivity contribution in [2.24, 2.45) is 5.92 Å². The number of rotatable bonds is 20. The van der Waals surface area contributed by atoms with Crippen LogP contribution in [-0.4, -0.2) is 105 Å². The summed E-state index contributed by atoms with van der Waals surface area (Å²) in [5.74, 6) is -0.260. The van der Waals surface area contributed by atoms with E-state index in [1.54, 1.807) is 18.2 Å². The van der Waals surface area contributed by atoms with Crippen molar-refractivity contribution >= 4 is 61.0 Å². The second-order valence-electron chi connectivity index (χ2n) is 9.26. The highest BCUT2D eigenvalue weighted by Gasteiger charge is 2.25. The highest BCUT2D eigenvalue weighted by Crippen LogP contribution is 2.18. The summed E-state index contributed by atoms with van der Waals surface area (Å²) in [6.07, 6.45) is 0.672. The van der Waals surface area contributed by atoms with E-state index in [4.69, 9.17) is 14.2 Å². The molecule has 0 aliphatic rings. The molecule has 222 valence electrons. The number of aldehydes is 1. The SMILES string of the molecule is CC(C)C(C(=O)NCC=O)N(C)CCOCCOCCOCCNC(=O)c1ccc2nc(CBr)c(CBr)nc2c1. The van der Waals surface area contributed by atoms with E-state index in [0.717, 1.165) is 16.9 Å². The van der Waals surface area contributed by atoms with Gasteiger partial charge >= 0.3 is 0 Å². The van der Waals surface area contributed by atoms with E-state index in [0.29, 0.717) is 80.8 Å². The van der Waals surface area contributed by atoms with Crippen LogP contribution >= 0.6 is 31.9 Å². The first-order chi connectivity index (χ1) is 19.3. The van der Waals surface area contributed by atoms with Crippen LogP contribution in [0.1, 0.15) is 35.6 Å². The number of amides is 2. The Hall–Kier alpha value is -2.03. The van der Waals surface area contributed by atoms with Crippen LogP contribution < -0.4 is 10.6 Å². The van der Waals surface area contributed by atoms with Crippen LogP contribution in [0.2, 0.25) is 0 Å². The van der Waals surface area contributed by atoms with Gasteiger partial charge in [-0.25, -0.2) is 9.97 Å². The summed E-state index contributed by atoms with van der Waals surface area (Å²) < 4.78 is 16.6. The fraction of sp³-hybridized carbons (Fsp3) is 0.593. The molecule has 2 N–H and O–H groups in total. The number of hydrogen-bond donors (Lipinski definition) is 2. The maximum atomic E-state index is 12.5. The molecule has 0 saturated heterocycles. The number of nitrogens with zero attached hydrogens (tertiary/aromatic N) is 3. The lowest BCUT2D eigenvalue weighted by atomic mass is 10.0. The van der Waals surface area contributed by atoms with E-state index in [1.165, 1.54) is 0 Å². The minimum atomic E-state index is -0.330. The average Bonchev–Trinajstić information content (AvgIpc) is 2.95. The zero-order valence-corrected chi connectivity index (χ0v) is 26.5. The summed E-state index contributed by atoms with van der Waals surface area (Å²) in [4.78, 5) is 46.4. The number of hydrogen-bond acceptors (Lipinski definition) is 9. The Kier molecular flexibility index (Phi) is 16.4. The number of benzene rings is 1. The van der Waals surface area contributed by atoms with Gasteiger partial charge in [0.05, 0.1) is 74.6 Å². The Bertz CT molecular complexity index is 1090. The Balaban J connectivity index is 1.55. The molecule has 0 radical (unpaired) electrons. The zero-order valence-electron chi connectivity index (χ0n) is 23.3. The zero-order chi connectivity index (χ0) is 29.3. The third-order valence-electron chi connectivity index (χ3n) is 5.93. The molecule has 1 aromatic carbocycles. The maximum Gasteiger partial charge on any atom is 0.251 e. The van der Waals surface area contributed by atoms with E-state index < -0.39 is 0 Å². The highest BCUT2D eigenvalue weighted by atomic mass is 79.9. The first kappa shape index (κ1) is 34.2. The molecule has 0 aliphatic carbocycles. The Morgan fingerprint density at radius 2 is 1.52 bits per heavy atom. The van der Waals surface area contributed by atoms with Gasteiger partial charge in [-0.3, -0.25) is 14.5 Å². The van der Waals surface area contributed by atoms with Crippen molar-refractivity contribution in [3.63, 3.8) is 0 Å².